The third kappa shape index (κ3) is 2.97. The summed E-state index contributed by atoms with van der Waals surface area (Å²) >= 11 is 1.67. The van der Waals surface area contributed by atoms with Gasteiger partial charge in [-0.05, 0) is 7.05 Å². The summed E-state index contributed by atoms with van der Waals surface area (Å²) in [6, 6.07) is 0. The highest BCUT2D eigenvalue weighted by molar-refractivity contribution is 7.15. The summed E-state index contributed by atoms with van der Waals surface area (Å²) in [5.74, 6) is 0.157. The van der Waals surface area contributed by atoms with Crippen LogP contribution in [0.2, 0.25) is 0 Å². The Labute approximate surface area is 129 Å². The molecule has 3 rings (SSSR count). The molecule has 0 aliphatic carbocycles. The molecule has 0 bridgehead atoms. The highest BCUT2D eigenvalue weighted by atomic mass is 32.1. The Morgan fingerprint density at radius 3 is 2.81 bits per heavy atom. The molecular formula is C15H23N5S. The maximum Gasteiger partial charge on any atom is 0.194 e. The van der Waals surface area contributed by atoms with Crippen LogP contribution in [-0.4, -0.2) is 52.4 Å². The first-order valence-corrected chi connectivity index (χ1v) is 8.23. The molecule has 5 nitrogen and oxygen atoms in total. The van der Waals surface area contributed by atoms with Gasteiger partial charge in [0, 0.05) is 61.6 Å². The second kappa shape index (κ2) is 5.79. The largest absolute Gasteiger partial charge is 0.402 e. The number of rotatable bonds is 4. The van der Waals surface area contributed by atoms with Crippen LogP contribution in [0.4, 0.5) is 0 Å². The van der Waals surface area contributed by atoms with Crippen molar-refractivity contribution >= 4 is 16.3 Å². The molecule has 0 radical (unpaired) electrons. The minimum Gasteiger partial charge on any atom is -0.402 e. The number of piperazine rings is 1. The van der Waals surface area contributed by atoms with Gasteiger partial charge in [-0.15, -0.1) is 11.3 Å². The molecule has 1 saturated heterocycles. The second-order valence-corrected chi connectivity index (χ2v) is 6.76. The highest BCUT2D eigenvalue weighted by Crippen LogP contribution is 2.26. The van der Waals surface area contributed by atoms with Crippen LogP contribution < -0.4 is 5.73 Å². The minimum atomic E-state index is 0.157. The molecular weight excluding hydrogens is 282 g/mol. The second-order valence-electron chi connectivity index (χ2n) is 5.92. The fourth-order valence-corrected chi connectivity index (χ4v) is 3.65. The van der Waals surface area contributed by atoms with Gasteiger partial charge in [-0.1, -0.05) is 13.5 Å². The highest BCUT2D eigenvalue weighted by Gasteiger charge is 2.18. The fraction of sp³-hybridized carbons (Fsp3) is 0.533. The van der Waals surface area contributed by atoms with Crippen LogP contribution in [0.15, 0.2) is 23.9 Å². The lowest BCUT2D eigenvalue weighted by atomic mass is 10.1. The molecule has 1 aliphatic rings. The summed E-state index contributed by atoms with van der Waals surface area (Å²) in [5, 5.41) is 2.13. The lowest BCUT2D eigenvalue weighted by Gasteiger charge is -2.31. The SMILES string of the molecule is C=C(N)C(C)c1csc2nc(CN3CCN(C)CC3)cn12. The average Bonchev–Trinajstić information content (AvgIpc) is 3.00. The van der Waals surface area contributed by atoms with Gasteiger partial charge in [0.05, 0.1) is 5.69 Å². The number of nitrogens with zero attached hydrogens (tertiary/aromatic N) is 4. The van der Waals surface area contributed by atoms with Gasteiger partial charge in [-0.2, -0.15) is 0 Å². The molecule has 0 aromatic carbocycles. The van der Waals surface area contributed by atoms with Crippen LogP contribution in [-0.2, 0) is 6.54 Å². The van der Waals surface area contributed by atoms with E-state index in [1.807, 2.05) is 0 Å². The Hall–Kier alpha value is -1.37. The van der Waals surface area contributed by atoms with E-state index in [1.54, 1.807) is 11.3 Å². The zero-order valence-corrected chi connectivity index (χ0v) is 13.6. The van der Waals surface area contributed by atoms with Gasteiger partial charge >= 0.3 is 0 Å². The van der Waals surface area contributed by atoms with Gasteiger partial charge < -0.3 is 10.6 Å². The summed E-state index contributed by atoms with van der Waals surface area (Å²) in [4.78, 5) is 10.6. The number of nitrogens with two attached hydrogens (primary N) is 1. The van der Waals surface area contributed by atoms with Crippen molar-refractivity contribution in [3.8, 4) is 0 Å². The predicted octanol–water partition coefficient (Wildman–Crippen LogP) is 1.72. The summed E-state index contributed by atoms with van der Waals surface area (Å²) < 4.78 is 2.17. The van der Waals surface area contributed by atoms with Crippen LogP contribution in [0, 0.1) is 0 Å². The normalized spacial score (nSPS) is 19.1. The summed E-state index contributed by atoms with van der Waals surface area (Å²) in [5.41, 5.74) is 8.87. The fourth-order valence-electron chi connectivity index (χ4n) is 2.66. The van der Waals surface area contributed by atoms with Crippen molar-refractivity contribution in [2.24, 2.45) is 5.73 Å². The third-order valence-electron chi connectivity index (χ3n) is 4.27. The molecule has 21 heavy (non-hydrogen) atoms. The molecule has 1 atom stereocenters. The molecule has 0 spiro atoms. The lowest BCUT2D eigenvalue weighted by Crippen LogP contribution is -2.43. The topological polar surface area (TPSA) is 49.8 Å². The van der Waals surface area contributed by atoms with Gasteiger partial charge in [0.25, 0.3) is 0 Å². The van der Waals surface area contributed by atoms with E-state index in [-0.39, 0.29) is 5.92 Å². The van der Waals surface area contributed by atoms with Crippen molar-refractivity contribution in [3.05, 3.63) is 35.2 Å². The molecule has 2 aromatic heterocycles. The van der Waals surface area contributed by atoms with E-state index in [1.165, 1.54) is 5.69 Å². The van der Waals surface area contributed by atoms with Crippen molar-refractivity contribution in [1.29, 1.82) is 0 Å². The van der Waals surface area contributed by atoms with E-state index in [0.717, 1.165) is 43.4 Å². The molecule has 0 saturated carbocycles. The quantitative estimate of drug-likeness (QED) is 0.934. The first kappa shape index (κ1) is 14.6. The van der Waals surface area contributed by atoms with Crippen molar-refractivity contribution < 1.29 is 0 Å². The number of thiazole rings is 1. The molecule has 2 N–H and O–H groups in total. The number of fused-ring (bicyclic) bond motifs is 1. The Balaban J connectivity index is 1.77. The van der Waals surface area contributed by atoms with Gasteiger partial charge in [0.1, 0.15) is 0 Å². The van der Waals surface area contributed by atoms with Crippen molar-refractivity contribution in [1.82, 2.24) is 19.2 Å². The van der Waals surface area contributed by atoms with E-state index < -0.39 is 0 Å². The number of hydrogen-bond acceptors (Lipinski definition) is 5. The zero-order valence-electron chi connectivity index (χ0n) is 12.7. The number of aromatic nitrogens is 2. The smallest absolute Gasteiger partial charge is 0.194 e. The summed E-state index contributed by atoms with van der Waals surface area (Å²) in [6.45, 7) is 11.4. The first-order chi connectivity index (χ1) is 10.0. The zero-order chi connectivity index (χ0) is 15.0. The Morgan fingerprint density at radius 1 is 1.43 bits per heavy atom. The van der Waals surface area contributed by atoms with Crippen molar-refractivity contribution in [2.75, 3.05) is 33.2 Å². The Morgan fingerprint density at radius 2 is 2.14 bits per heavy atom. The average molecular weight is 305 g/mol. The van der Waals surface area contributed by atoms with Crippen LogP contribution in [0.3, 0.4) is 0 Å². The molecule has 1 unspecified atom stereocenters. The van der Waals surface area contributed by atoms with E-state index in [0.29, 0.717) is 5.70 Å². The minimum absolute atomic E-state index is 0.157. The number of likely N-dealkylation sites (N-methyl/N-ethyl adjacent to an activating group) is 1. The lowest BCUT2D eigenvalue weighted by molar-refractivity contribution is 0.147. The molecule has 114 valence electrons. The third-order valence-corrected chi connectivity index (χ3v) is 5.13. The maximum absolute atomic E-state index is 5.85. The molecule has 3 heterocycles. The summed E-state index contributed by atoms with van der Waals surface area (Å²) in [7, 11) is 2.18. The molecule has 0 amide bonds. The van der Waals surface area contributed by atoms with Gasteiger partial charge in [-0.25, -0.2) is 4.98 Å². The van der Waals surface area contributed by atoms with E-state index in [9.17, 15) is 0 Å². The van der Waals surface area contributed by atoms with Crippen LogP contribution in [0.5, 0.6) is 0 Å². The standard InChI is InChI=1S/C15H23N5S/c1-11(12(2)16)14-10-21-15-17-13(9-20(14)15)8-19-6-4-18(3)5-7-19/h9-11H,2,4-8,16H2,1,3H3. The Bertz CT molecular complexity index is 636. The number of imidazole rings is 1. The van der Waals surface area contributed by atoms with E-state index in [2.05, 4.69) is 46.3 Å². The van der Waals surface area contributed by atoms with Crippen LogP contribution >= 0.6 is 11.3 Å². The van der Waals surface area contributed by atoms with Gasteiger partial charge in [0.2, 0.25) is 0 Å². The number of allylic oxidation sites excluding steroid dienone is 1. The Kier molecular flexibility index (Phi) is 4.01. The summed E-state index contributed by atoms with van der Waals surface area (Å²) in [6.07, 6.45) is 2.15. The first-order valence-electron chi connectivity index (χ1n) is 7.35. The van der Waals surface area contributed by atoms with E-state index >= 15 is 0 Å². The van der Waals surface area contributed by atoms with Crippen molar-refractivity contribution in [2.45, 2.75) is 19.4 Å². The molecule has 2 aromatic rings. The van der Waals surface area contributed by atoms with Gasteiger partial charge in [0.15, 0.2) is 4.96 Å². The molecule has 1 aliphatic heterocycles. The monoisotopic (exact) mass is 305 g/mol. The number of hydrogen-bond donors (Lipinski definition) is 1. The van der Waals surface area contributed by atoms with Crippen molar-refractivity contribution in [3.63, 3.8) is 0 Å². The van der Waals surface area contributed by atoms with Crippen LogP contribution in [0.25, 0.3) is 4.96 Å². The van der Waals surface area contributed by atoms with E-state index in [4.69, 9.17) is 10.7 Å². The molecule has 6 heteroatoms. The van der Waals surface area contributed by atoms with Gasteiger partial charge in [-0.3, -0.25) is 9.30 Å². The van der Waals surface area contributed by atoms with Crippen LogP contribution in [0.1, 0.15) is 24.2 Å². The molecule has 1 fully saturated rings. The predicted molar refractivity (Wildman–Crippen MR) is 87.6 cm³/mol. The maximum atomic E-state index is 5.85.